The Morgan fingerprint density at radius 2 is 2.00 bits per heavy atom. The van der Waals surface area contributed by atoms with Gasteiger partial charge in [-0.25, -0.2) is 0 Å². The Labute approximate surface area is 156 Å². The molecule has 0 atom stereocenters. The van der Waals surface area contributed by atoms with Gasteiger partial charge in [0.05, 0.1) is 22.9 Å². The van der Waals surface area contributed by atoms with Gasteiger partial charge in [0.1, 0.15) is 0 Å². The molecule has 1 saturated heterocycles. The van der Waals surface area contributed by atoms with Crippen molar-refractivity contribution in [3.63, 3.8) is 0 Å². The topological polar surface area (TPSA) is 86.5 Å². The summed E-state index contributed by atoms with van der Waals surface area (Å²) in [5.74, 6) is 0.652. The van der Waals surface area contributed by atoms with Gasteiger partial charge in [-0.05, 0) is 41.8 Å². The molecule has 0 aromatic heterocycles. The van der Waals surface area contributed by atoms with Gasteiger partial charge in [0.2, 0.25) is 5.12 Å². The summed E-state index contributed by atoms with van der Waals surface area (Å²) < 4.78 is 5.68. The standard InChI is InChI=1S/C19H21NO5S/c21-16-12-19(22)26-18(16)11-14-6-7-17(15(10-14)20(23)24)25-9-8-13-4-2-1-3-5-13/h6-7,10-11,13H,1-5,8-9,12H2/b18-11-. The van der Waals surface area contributed by atoms with Crippen molar-refractivity contribution >= 4 is 34.4 Å². The highest BCUT2D eigenvalue weighted by atomic mass is 32.2. The fourth-order valence-corrected chi connectivity index (χ4v) is 4.23. The fourth-order valence-electron chi connectivity index (χ4n) is 3.40. The van der Waals surface area contributed by atoms with Gasteiger partial charge in [0.15, 0.2) is 11.5 Å². The number of ketones is 1. The third kappa shape index (κ3) is 4.72. The van der Waals surface area contributed by atoms with Gasteiger partial charge in [-0.15, -0.1) is 0 Å². The average molecular weight is 375 g/mol. The van der Waals surface area contributed by atoms with E-state index in [-0.39, 0.29) is 28.8 Å². The Morgan fingerprint density at radius 3 is 2.65 bits per heavy atom. The number of nitrogens with zero attached hydrogens (tertiary/aromatic N) is 1. The van der Waals surface area contributed by atoms with Crippen LogP contribution in [0.25, 0.3) is 6.08 Å². The second-order valence-electron chi connectivity index (χ2n) is 6.71. The molecule has 6 nitrogen and oxygen atoms in total. The van der Waals surface area contributed by atoms with Gasteiger partial charge < -0.3 is 4.74 Å². The molecule has 2 aliphatic rings. The van der Waals surface area contributed by atoms with Gasteiger partial charge in [-0.1, -0.05) is 38.2 Å². The van der Waals surface area contributed by atoms with E-state index in [1.54, 1.807) is 12.1 Å². The van der Waals surface area contributed by atoms with E-state index in [0.29, 0.717) is 23.0 Å². The number of carbonyl (C=O) groups excluding carboxylic acids is 2. The van der Waals surface area contributed by atoms with Crippen molar-refractivity contribution in [3.8, 4) is 5.75 Å². The van der Waals surface area contributed by atoms with Crippen LogP contribution in [0, 0.1) is 16.0 Å². The Morgan fingerprint density at radius 1 is 1.23 bits per heavy atom. The first-order valence-electron chi connectivity index (χ1n) is 8.90. The number of benzene rings is 1. The maximum atomic E-state index is 11.7. The van der Waals surface area contributed by atoms with Crippen LogP contribution in [-0.2, 0) is 9.59 Å². The summed E-state index contributed by atoms with van der Waals surface area (Å²) in [5.41, 5.74) is 0.395. The van der Waals surface area contributed by atoms with Crippen LogP contribution >= 0.6 is 11.8 Å². The number of hydrogen-bond acceptors (Lipinski definition) is 6. The van der Waals surface area contributed by atoms with Gasteiger partial charge in [-0.3, -0.25) is 19.7 Å². The SMILES string of the molecule is O=C1CC(=O)/C(=C/c2ccc(OCCC3CCCCC3)c([N+](=O)[O-])c2)S1. The molecule has 0 unspecified atom stereocenters. The van der Waals surface area contributed by atoms with E-state index in [1.165, 1.54) is 44.2 Å². The maximum absolute atomic E-state index is 11.7. The van der Waals surface area contributed by atoms with Gasteiger partial charge in [0.25, 0.3) is 0 Å². The normalized spacial score (nSPS) is 19.9. The molecule has 1 aliphatic heterocycles. The van der Waals surface area contributed by atoms with E-state index >= 15 is 0 Å². The number of nitro benzene ring substituents is 1. The Bertz CT molecular complexity index is 752. The highest BCUT2D eigenvalue weighted by Crippen LogP contribution is 2.34. The summed E-state index contributed by atoms with van der Waals surface area (Å²) in [7, 11) is 0. The molecule has 0 radical (unpaired) electrons. The van der Waals surface area contributed by atoms with Crippen molar-refractivity contribution in [2.75, 3.05) is 6.61 Å². The van der Waals surface area contributed by atoms with E-state index < -0.39 is 4.92 Å². The van der Waals surface area contributed by atoms with Crippen LogP contribution in [0.4, 0.5) is 5.69 Å². The second-order valence-corrected chi connectivity index (χ2v) is 7.81. The number of rotatable bonds is 6. The predicted molar refractivity (Wildman–Crippen MR) is 100.0 cm³/mol. The van der Waals surface area contributed by atoms with Crippen LogP contribution in [-0.4, -0.2) is 22.4 Å². The van der Waals surface area contributed by atoms with E-state index in [4.69, 9.17) is 4.74 Å². The van der Waals surface area contributed by atoms with Crippen LogP contribution < -0.4 is 4.74 Å². The number of carbonyl (C=O) groups is 2. The Balaban J connectivity index is 1.68. The molecular weight excluding hydrogens is 354 g/mol. The summed E-state index contributed by atoms with van der Waals surface area (Å²) in [6.07, 6.45) is 8.56. The van der Waals surface area contributed by atoms with Crippen molar-refractivity contribution in [1.29, 1.82) is 0 Å². The zero-order valence-electron chi connectivity index (χ0n) is 14.4. The van der Waals surface area contributed by atoms with Crippen LogP contribution in [0.3, 0.4) is 0 Å². The van der Waals surface area contributed by atoms with E-state index in [0.717, 1.165) is 18.2 Å². The highest BCUT2D eigenvalue weighted by Gasteiger charge is 2.26. The number of allylic oxidation sites excluding steroid dienone is 1. The lowest BCUT2D eigenvalue weighted by atomic mass is 9.87. The van der Waals surface area contributed by atoms with Crippen molar-refractivity contribution in [1.82, 2.24) is 0 Å². The number of Topliss-reactive ketones (excluding diaryl/α,β-unsaturated/α-hetero) is 1. The van der Waals surface area contributed by atoms with Crippen molar-refractivity contribution < 1.29 is 19.2 Å². The summed E-state index contributed by atoms with van der Waals surface area (Å²) in [4.78, 5) is 34.2. The number of hydrogen-bond donors (Lipinski definition) is 0. The minimum absolute atomic E-state index is 0.110. The molecule has 0 amide bonds. The molecule has 26 heavy (non-hydrogen) atoms. The first kappa shape index (κ1) is 18.6. The maximum Gasteiger partial charge on any atom is 0.311 e. The lowest BCUT2D eigenvalue weighted by molar-refractivity contribution is -0.385. The second kappa shape index (κ2) is 8.49. The quantitative estimate of drug-likeness (QED) is 0.314. The predicted octanol–water partition coefficient (Wildman–Crippen LogP) is 4.52. The molecule has 2 fully saturated rings. The van der Waals surface area contributed by atoms with E-state index in [2.05, 4.69) is 0 Å². The summed E-state index contributed by atoms with van der Waals surface area (Å²) >= 11 is 0.888. The Kier molecular flexibility index (Phi) is 6.08. The molecule has 1 saturated carbocycles. The molecular formula is C19H21NO5S. The molecule has 1 aliphatic carbocycles. The number of ether oxygens (including phenoxy) is 1. The zero-order chi connectivity index (χ0) is 18.5. The largest absolute Gasteiger partial charge is 0.487 e. The Hall–Kier alpha value is -2.15. The third-order valence-corrected chi connectivity index (χ3v) is 5.73. The molecule has 0 spiro atoms. The van der Waals surface area contributed by atoms with Crippen LogP contribution in [0.5, 0.6) is 5.75 Å². The molecule has 1 aromatic carbocycles. The minimum Gasteiger partial charge on any atom is -0.487 e. The number of nitro groups is 1. The fraction of sp³-hybridized carbons (Fsp3) is 0.474. The first-order valence-corrected chi connectivity index (χ1v) is 9.71. The highest BCUT2D eigenvalue weighted by molar-refractivity contribution is 8.18. The van der Waals surface area contributed by atoms with Gasteiger partial charge in [-0.2, -0.15) is 0 Å². The summed E-state index contributed by atoms with van der Waals surface area (Å²) in [5, 5.41) is 11.2. The molecule has 7 heteroatoms. The van der Waals surface area contributed by atoms with Crippen LogP contribution in [0.2, 0.25) is 0 Å². The molecule has 138 valence electrons. The first-order chi connectivity index (χ1) is 12.5. The summed E-state index contributed by atoms with van der Waals surface area (Å²) in [6, 6.07) is 4.63. The average Bonchev–Trinajstić information content (AvgIpc) is 2.94. The lowest BCUT2D eigenvalue weighted by Gasteiger charge is -2.21. The smallest absolute Gasteiger partial charge is 0.311 e. The molecule has 0 bridgehead atoms. The molecule has 3 rings (SSSR count). The van der Waals surface area contributed by atoms with Gasteiger partial charge in [0, 0.05) is 6.07 Å². The van der Waals surface area contributed by atoms with Gasteiger partial charge >= 0.3 is 5.69 Å². The summed E-state index contributed by atoms with van der Waals surface area (Å²) in [6.45, 7) is 0.467. The van der Waals surface area contributed by atoms with Crippen molar-refractivity contribution in [2.24, 2.45) is 5.92 Å². The van der Waals surface area contributed by atoms with E-state index in [9.17, 15) is 19.7 Å². The minimum atomic E-state index is -0.479. The van der Waals surface area contributed by atoms with E-state index in [1.807, 2.05) is 0 Å². The monoisotopic (exact) mass is 375 g/mol. The van der Waals surface area contributed by atoms with Crippen LogP contribution in [0.1, 0.15) is 50.5 Å². The van der Waals surface area contributed by atoms with Crippen molar-refractivity contribution in [2.45, 2.75) is 44.9 Å². The zero-order valence-corrected chi connectivity index (χ0v) is 15.3. The molecule has 0 N–H and O–H groups in total. The molecule has 1 heterocycles. The van der Waals surface area contributed by atoms with Crippen LogP contribution in [0.15, 0.2) is 23.1 Å². The number of thioether (sulfide) groups is 1. The molecule has 1 aromatic rings. The van der Waals surface area contributed by atoms with Crippen molar-refractivity contribution in [3.05, 3.63) is 38.8 Å². The lowest BCUT2D eigenvalue weighted by Crippen LogP contribution is -2.11. The third-order valence-electron chi connectivity index (χ3n) is 4.79.